The minimum absolute atomic E-state index is 1.02. The van der Waals surface area contributed by atoms with Gasteiger partial charge in [0, 0.05) is 0 Å². The van der Waals surface area contributed by atoms with Gasteiger partial charge < -0.3 is 0 Å². The third-order valence-corrected chi connectivity index (χ3v) is 3.76. The van der Waals surface area contributed by atoms with Crippen LogP contribution in [0.5, 0.6) is 0 Å². The Morgan fingerprint density at radius 1 is 1.27 bits per heavy atom. The topological polar surface area (TPSA) is 0 Å². The molecule has 0 aliphatic heterocycles. The fourth-order valence-electron chi connectivity index (χ4n) is 2.16. The maximum atomic E-state index is 2.49. The lowest BCUT2D eigenvalue weighted by molar-refractivity contribution is 0.241. The van der Waals surface area contributed by atoms with E-state index in [9.17, 15) is 0 Å². The van der Waals surface area contributed by atoms with E-state index in [0.29, 0.717) is 0 Å². The van der Waals surface area contributed by atoms with E-state index in [1.807, 2.05) is 0 Å². The van der Waals surface area contributed by atoms with Crippen molar-refractivity contribution < 1.29 is 0 Å². The van der Waals surface area contributed by atoms with E-state index < -0.39 is 0 Å². The van der Waals surface area contributed by atoms with Crippen LogP contribution in [0.15, 0.2) is 0 Å². The normalized spacial score (nSPS) is 32.2. The molecule has 0 aromatic carbocycles. The van der Waals surface area contributed by atoms with Crippen LogP contribution in [0.1, 0.15) is 45.4 Å². The summed E-state index contributed by atoms with van der Waals surface area (Å²) in [4.78, 5) is 0. The first-order valence-corrected chi connectivity index (χ1v) is 6.43. The van der Waals surface area contributed by atoms with Crippen molar-refractivity contribution in [3.63, 3.8) is 0 Å². The quantitative estimate of drug-likeness (QED) is 0.534. The summed E-state index contributed by atoms with van der Waals surface area (Å²) < 4.78 is 1.35. The molecule has 0 saturated heterocycles. The zero-order valence-electron chi connectivity index (χ0n) is 7.48. The van der Waals surface area contributed by atoms with Gasteiger partial charge in [0.15, 0.2) is 0 Å². The number of alkyl halides is 1. The maximum Gasteiger partial charge on any atom is -0.000462 e. The standard InChI is InChI=1S/C10H19I/c1-9-5-2-3-6-10(9)7-4-8-11/h9-10H,2-8H2,1H3. The second-order valence-electron chi connectivity index (χ2n) is 3.85. The molecule has 0 radical (unpaired) electrons. The molecular weight excluding hydrogens is 247 g/mol. The second kappa shape index (κ2) is 5.39. The number of rotatable bonds is 3. The summed E-state index contributed by atoms with van der Waals surface area (Å²) >= 11 is 2.49. The summed E-state index contributed by atoms with van der Waals surface area (Å²) in [5.41, 5.74) is 0. The Morgan fingerprint density at radius 2 is 2.00 bits per heavy atom. The van der Waals surface area contributed by atoms with Gasteiger partial charge in [0.2, 0.25) is 0 Å². The number of hydrogen-bond acceptors (Lipinski definition) is 0. The summed E-state index contributed by atoms with van der Waals surface area (Å²) in [6.45, 7) is 2.44. The zero-order chi connectivity index (χ0) is 8.10. The van der Waals surface area contributed by atoms with Crippen LogP contribution in [0.3, 0.4) is 0 Å². The van der Waals surface area contributed by atoms with Crippen LogP contribution in [0.25, 0.3) is 0 Å². The van der Waals surface area contributed by atoms with Crippen LogP contribution >= 0.6 is 22.6 Å². The van der Waals surface area contributed by atoms with Gasteiger partial charge in [-0.05, 0) is 29.1 Å². The predicted octanol–water partition coefficient (Wildman–Crippen LogP) is 4.03. The molecule has 1 saturated carbocycles. The first-order chi connectivity index (χ1) is 5.34. The van der Waals surface area contributed by atoms with Gasteiger partial charge >= 0.3 is 0 Å². The van der Waals surface area contributed by atoms with E-state index >= 15 is 0 Å². The molecule has 0 bridgehead atoms. The van der Waals surface area contributed by atoms with Crippen LogP contribution in [-0.4, -0.2) is 4.43 Å². The molecule has 2 unspecified atom stereocenters. The highest BCUT2D eigenvalue weighted by molar-refractivity contribution is 14.1. The van der Waals surface area contributed by atoms with Crippen molar-refractivity contribution in [3.05, 3.63) is 0 Å². The van der Waals surface area contributed by atoms with Gasteiger partial charge in [-0.2, -0.15) is 0 Å². The molecule has 1 aliphatic carbocycles. The Labute approximate surface area is 84.3 Å². The van der Waals surface area contributed by atoms with Crippen molar-refractivity contribution in [1.82, 2.24) is 0 Å². The zero-order valence-corrected chi connectivity index (χ0v) is 9.64. The highest BCUT2D eigenvalue weighted by atomic mass is 127. The van der Waals surface area contributed by atoms with Crippen molar-refractivity contribution in [2.75, 3.05) is 4.43 Å². The van der Waals surface area contributed by atoms with Crippen molar-refractivity contribution in [2.45, 2.75) is 45.4 Å². The van der Waals surface area contributed by atoms with Gasteiger partial charge in [0.1, 0.15) is 0 Å². The number of hydrogen-bond donors (Lipinski definition) is 0. The van der Waals surface area contributed by atoms with E-state index in [1.165, 1.54) is 43.0 Å². The second-order valence-corrected chi connectivity index (χ2v) is 4.93. The van der Waals surface area contributed by atoms with Crippen molar-refractivity contribution in [2.24, 2.45) is 11.8 Å². The summed E-state index contributed by atoms with van der Waals surface area (Å²) in [5.74, 6) is 2.09. The minimum Gasteiger partial charge on any atom is -0.0864 e. The van der Waals surface area contributed by atoms with Crippen molar-refractivity contribution in [1.29, 1.82) is 0 Å². The highest BCUT2D eigenvalue weighted by Gasteiger charge is 2.19. The summed E-state index contributed by atoms with van der Waals surface area (Å²) in [7, 11) is 0. The van der Waals surface area contributed by atoms with E-state index in [-0.39, 0.29) is 0 Å². The average Bonchev–Trinajstić information content (AvgIpc) is 2.03. The molecule has 0 aromatic heterocycles. The highest BCUT2D eigenvalue weighted by Crippen LogP contribution is 2.32. The first-order valence-electron chi connectivity index (χ1n) is 4.90. The molecule has 1 fully saturated rings. The van der Waals surface area contributed by atoms with E-state index in [0.717, 1.165) is 11.8 Å². The average molecular weight is 266 g/mol. The molecule has 1 aliphatic rings. The van der Waals surface area contributed by atoms with Gasteiger partial charge in [0.25, 0.3) is 0 Å². The van der Waals surface area contributed by atoms with E-state index in [2.05, 4.69) is 29.5 Å². The van der Waals surface area contributed by atoms with Gasteiger partial charge in [0.05, 0.1) is 0 Å². The van der Waals surface area contributed by atoms with Gasteiger partial charge in [-0.1, -0.05) is 55.2 Å². The van der Waals surface area contributed by atoms with Crippen LogP contribution < -0.4 is 0 Å². The molecule has 0 spiro atoms. The maximum absolute atomic E-state index is 2.49. The molecule has 0 N–H and O–H groups in total. The van der Waals surface area contributed by atoms with Crippen LogP contribution in [-0.2, 0) is 0 Å². The third kappa shape index (κ3) is 3.30. The Hall–Kier alpha value is 0.730. The van der Waals surface area contributed by atoms with Crippen LogP contribution in [0, 0.1) is 11.8 Å². The minimum atomic E-state index is 1.02. The molecule has 11 heavy (non-hydrogen) atoms. The lowest BCUT2D eigenvalue weighted by Crippen LogP contribution is -2.16. The first kappa shape index (κ1) is 9.82. The Kier molecular flexibility index (Phi) is 4.81. The fourth-order valence-corrected chi connectivity index (χ4v) is 2.60. The smallest absolute Gasteiger partial charge is 0.000462 e. The summed E-state index contributed by atoms with van der Waals surface area (Å²) in [6, 6.07) is 0. The van der Waals surface area contributed by atoms with Gasteiger partial charge in [-0.3, -0.25) is 0 Å². The lowest BCUT2D eigenvalue weighted by Gasteiger charge is -2.28. The molecule has 2 atom stereocenters. The summed E-state index contributed by atoms with van der Waals surface area (Å²) in [5, 5.41) is 0. The van der Waals surface area contributed by atoms with Crippen LogP contribution in [0.4, 0.5) is 0 Å². The molecule has 0 aromatic rings. The van der Waals surface area contributed by atoms with Crippen molar-refractivity contribution in [3.8, 4) is 0 Å². The molecule has 66 valence electrons. The molecule has 0 heterocycles. The van der Waals surface area contributed by atoms with Crippen molar-refractivity contribution >= 4 is 22.6 Å². The van der Waals surface area contributed by atoms with E-state index in [1.54, 1.807) is 0 Å². The molecule has 0 nitrogen and oxygen atoms in total. The largest absolute Gasteiger partial charge is 0.0864 e. The Balaban J connectivity index is 2.18. The molecule has 1 heteroatoms. The lowest BCUT2D eigenvalue weighted by atomic mass is 9.78. The third-order valence-electron chi connectivity index (χ3n) is 3.00. The number of halogens is 1. The van der Waals surface area contributed by atoms with Crippen LogP contribution in [0.2, 0.25) is 0 Å². The Bertz CT molecular complexity index is 101. The molecule has 1 rings (SSSR count). The SMILES string of the molecule is CC1CCCCC1CCCI. The molecule has 0 amide bonds. The molecular formula is C10H19I. The van der Waals surface area contributed by atoms with Gasteiger partial charge in [-0.25, -0.2) is 0 Å². The summed E-state index contributed by atoms with van der Waals surface area (Å²) in [6.07, 6.45) is 8.92. The van der Waals surface area contributed by atoms with E-state index in [4.69, 9.17) is 0 Å². The van der Waals surface area contributed by atoms with Gasteiger partial charge in [-0.15, -0.1) is 0 Å². The fraction of sp³-hybridized carbons (Fsp3) is 1.00. The Morgan fingerprint density at radius 3 is 2.64 bits per heavy atom. The predicted molar refractivity (Wildman–Crippen MR) is 59.2 cm³/mol. The monoisotopic (exact) mass is 266 g/mol.